The molecule has 0 unspecified atom stereocenters. The van der Waals surface area contributed by atoms with Crippen LogP contribution >= 0.6 is 0 Å². The van der Waals surface area contributed by atoms with Crippen LogP contribution in [0.5, 0.6) is 0 Å². The predicted molar refractivity (Wildman–Crippen MR) is 370 cm³/mol. The summed E-state index contributed by atoms with van der Waals surface area (Å²) >= 11 is 0. The lowest BCUT2D eigenvalue weighted by Crippen LogP contribution is -2.44. The van der Waals surface area contributed by atoms with Crippen molar-refractivity contribution in [1.82, 2.24) is 0 Å². The molecule has 6 saturated heterocycles. The first-order valence-corrected chi connectivity index (χ1v) is 34.4. The molecule has 10 aromatic rings. The van der Waals surface area contributed by atoms with Gasteiger partial charge in [-0.1, -0.05) is 164 Å². The van der Waals surface area contributed by atoms with Gasteiger partial charge in [-0.2, -0.15) is 0 Å². The average Bonchev–Trinajstić information content (AvgIpc) is 1.63. The van der Waals surface area contributed by atoms with Crippen LogP contribution in [0.1, 0.15) is 74.9 Å². The highest BCUT2D eigenvalue weighted by atomic mass is 16.9. The Morgan fingerprint density at radius 1 is 0.313 bits per heavy atom. The van der Waals surface area contributed by atoms with Gasteiger partial charge in [0.05, 0.1) is 59.5 Å². The Kier molecular flexibility index (Phi) is 18.4. The van der Waals surface area contributed by atoms with Crippen molar-refractivity contribution >= 4 is 64.6 Å². The Bertz CT molecular complexity index is 3950. The number of aliphatic hydroxyl groups excluding tert-OH is 3. The molecular weight excluding hydrogens is 1260 g/mol. The van der Waals surface area contributed by atoms with Crippen molar-refractivity contribution in [3.63, 3.8) is 0 Å². The van der Waals surface area contributed by atoms with Gasteiger partial charge < -0.3 is 86.4 Å². The highest BCUT2D eigenvalue weighted by Crippen LogP contribution is 2.45. The predicted octanol–water partition coefficient (Wildman–Crippen LogP) is 12.6. The second-order valence-corrected chi connectivity index (χ2v) is 28.3. The molecule has 18 heteroatoms. The van der Waals surface area contributed by atoms with Gasteiger partial charge >= 0.3 is 0 Å². The quantitative estimate of drug-likeness (QED) is 0.0482. The lowest BCUT2D eigenvalue weighted by Gasteiger charge is -2.29. The van der Waals surface area contributed by atoms with Crippen LogP contribution in [0.25, 0.3) is 64.6 Å². The van der Waals surface area contributed by atoms with Crippen LogP contribution in [-0.4, -0.2) is 145 Å². The Balaban J connectivity index is 0.662. The third kappa shape index (κ3) is 13.6. The fraction of sp³-hybridized carbons (Fsp3) is 0.407. The summed E-state index contributed by atoms with van der Waals surface area (Å²) in [7, 11) is 0. The molecule has 10 aromatic carbocycles. The Labute approximate surface area is 574 Å². The summed E-state index contributed by atoms with van der Waals surface area (Å²) in [6, 6.07) is 61.9. The van der Waals surface area contributed by atoms with E-state index < -0.39 is 109 Å². The zero-order valence-corrected chi connectivity index (χ0v) is 56.3. The van der Waals surface area contributed by atoms with E-state index in [4.69, 9.17) is 71.1 Å². The number of aliphatic hydroxyl groups is 3. The molecule has 0 spiro atoms. The largest absolute Gasteiger partial charge is 0.388 e. The van der Waals surface area contributed by atoms with Gasteiger partial charge in [0, 0.05) is 0 Å². The van der Waals surface area contributed by atoms with Crippen LogP contribution < -0.4 is 0 Å². The van der Waals surface area contributed by atoms with Gasteiger partial charge in [-0.3, -0.25) is 0 Å². The molecule has 6 aliphatic rings. The molecule has 0 amide bonds. The van der Waals surface area contributed by atoms with E-state index in [-0.39, 0.29) is 59.5 Å². The summed E-state index contributed by atoms with van der Waals surface area (Å²) in [6.07, 6.45) is -13.2. The minimum absolute atomic E-state index is 0.0219. The summed E-state index contributed by atoms with van der Waals surface area (Å²) in [5.74, 6) is -2.98. The summed E-state index contributed by atoms with van der Waals surface area (Å²) in [5.41, 5.74) is 5.25. The smallest absolute Gasteiger partial charge is 0.190 e. The van der Waals surface area contributed by atoms with Crippen molar-refractivity contribution in [1.29, 1.82) is 0 Å². The molecule has 0 aromatic heterocycles. The third-order valence-electron chi connectivity index (χ3n) is 19.9. The van der Waals surface area contributed by atoms with Crippen molar-refractivity contribution in [3.8, 4) is 0 Å². The standard InChI is InChI=1S/C81H84O18/c1-79(2)94-73-70(67(91-76(73)97-79)64(82)43-85-40-61-55-25-13-7-19-49(55)34-50-20-8-14-26-56(50)61)88-37-46-31-47(38-89-71-68(92-77-74(71)95-80(3,4)98-77)65(83)44-86-41-62-57-27-15-9-21-51(57)35-52-22-10-16-28-58(52)62)33-48(32-46)39-90-72-69(93-78-75(72)96-81(5,6)99-78)66(84)45-87-42-63-59-29-17-11-23-53(59)36-54-24-12-18-30-60(54)63/h7-36,64-78,82-84H,37-45H2,1-6H3/t64-,65-,66-,67-,68-,69-,70+,71+,72+,73-,74-,75-,76-,77-,78-/m1/s1. The number of hydrogen-bond acceptors (Lipinski definition) is 18. The first-order chi connectivity index (χ1) is 47.9. The first-order valence-electron chi connectivity index (χ1n) is 34.4. The van der Waals surface area contributed by atoms with Gasteiger partial charge in [-0.05, 0) is 158 Å². The maximum atomic E-state index is 12.1. The molecule has 15 atom stereocenters. The third-order valence-corrected chi connectivity index (χ3v) is 19.9. The molecule has 0 aliphatic carbocycles. The molecule has 516 valence electrons. The number of benzene rings is 10. The van der Waals surface area contributed by atoms with Crippen molar-refractivity contribution in [2.75, 3.05) is 19.8 Å². The van der Waals surface area contributed by atoms with Crippen molar-refractivity contribution in [2.24, 2.45) is 0 Å². The monoisotopic (exact) mass is 1340 g/mol. The fourth-order valence-electron chi connectivity index (χ4n) is 15.6. The fourth-order valence-corrected chi connectivity index (χ4v) is 15.6. The minimum Gasteiger partial charge on any atom is -0.388 e. The highest BCUT2D eigenvalue weighted by Gasteiger charge is 2.60. The van der Waals surface area contributed by atoms with E-state index in [1.807, 2.05) is 133 Å². The van der Waals surface area contributed by atoms with Gasteiger partial charge in [0.2, 0.25) is 0 Å². The van der Waals surface area contributed by atoms with E-state index in [1.165, 1.54) is 0 Å². The summed E-state index contributed by atoms with van der Waals surface area (Å²) in [6.45, 7) is 11.5. The number of hydrogen-bond donors (Lipinski definition) is 3. The molecule has 6 aliphatic heterocycles. The van der Waals surface area contributed by atoms with Crippen molar-refractivity contribution < 1.29 is 86.4 Å². The summed E-state index contributed by atoms with van der Waals surface area (Å²) < 4.78 is 97.9. The molecule has 18 nitrogen and oxygen atoms in total. The Morgan fingerprint density at radius 3 is 0.788 bits per heavy atom. The Morgan fingerprint density at radius 2 is 0.545 bits per heavy atom. The molecule has 0 saturated carbocycles. The highest BCUT2D eigenvalue weighted by molar-refractivity contribution is 6.04. The molecule has 0 bridgehead atoms. The van der Waals surface area contributed by atoms with E-state index in [1.54, 1.807) is 0 Å². The summed E-state index contributed by atoms with van der Waals surface area (Å²) in [4.78, 5) is 0. The van der Waals surface area contributed by atoms with E-state index >= 15 is 0 Å². The zero-order chi connectivity index (χ0) is 67.7. The van der Waals surface area contributed by atoms with Crippen LogP contribution in [0.2, 0.25) is 0 Å². The Hall–Kier alpha value is -6.96. The van der Waals surface area contributed by atoms with Crippen molar-refractivity contribution in [2.45, 2.75) is 191 Å². The van der Waals surface area contributed by atoms with Gasteiger partial charge in [0.1, 0.15) is 73.2 Å². The SMILES string of the molecule is CC1(C)O[C@H]2O[C@H]([C@H](O)COCc3c4ccccc4cc4ccccc34)[C@H](OCc3cc(CO[C@@H]4[C@H]5OC(C)(C)O[C@H]5O[C@@H]4[C@H](O)COCc4c5ccccc5cc5ccccc45)cc(CO[C@@H]4[C@H]5OC(C)(C)O[C@H]5O[C@@H]4[C@H](O)COCc4c5ccccc5cc5ccccc45)c3)[C@H]2O1. The second-order valence-electron chi connectivity index (χ2n) is 28.3. The first kappa shape index (κ1) is 66.6. The van der Waals surface area contributed by atoms with Crippen LogP contribution in [-0.2, 0) is 111 Å². The van der Waals surface area contributed by atoms with Crippen LogP contribution in [0.3, 0.4) is 0 Å². The maximum Gasteiger partial charge on any atom is 0.190 e. The van der Waals surface area contributed by atoms with Crippen LogP contribution in [0.15, 0.2) is 182 Å². The van der Waals surface area contributed by atoms with E-state index in [0.29, 0.717) is 0 Å². The molecule has 16 rings (SSSR count). The summed E-state index contributed by atoms with van der Waals surface area (Å²) in [5, 5.41) is 49.4. The van der Waals surface area contributed by atoms with Gasteiger partial charge in [0.25, 0.3) is 0 Å². The lowest BCUT2D eigenvalue weighted by atomic mass is 9.97. The number of rotatable bonds is 24. The van der Waals surface area contributed by atoms with E-state index in [9.17, 15) is 15.3 Å². The molecule has 99 heavy (non-hydrogen) atoms. The van der Waals surface area contributed by atoms with Gasteiger partial charge in [-0.25, -0.2) is 0 Å². The zero-order valence-electron chi connectivity index (χ0n) is 56.3. The number of ether oxygens (including phenoxy) is 15. The average molecular weight is 1350 g/mol. The molecule has 3 N–H and O–H groups in total. The minimum atomic E-state index is -1.15. The number of fused-ring (bicyclic) bond motifs is 9. The van der Waals surface area contributed by atoms with Gasteiger partial charge in [-0.15, -0.1) is 0 Å². The lowest BCUT2D eigenvalue weighted by molar-refractivity contribution is -0.233. The van der Waals surface area contributed by atoms with Crippen molar-refractivity contribution in [3.05, 3.63) is 215 Å². The molecular formula is C81H84O18. The topological polar surface area (TPSA) is 199 Å². The molecule has 0 radical (unpaired) electrons. The molecule has 6 fully saturated rings. The second kappa shape index (κ2) is 27.4. The van der Waals surface area contributed by atoms with Crippen LogP contribution in [0.4, 0.5) is 0 Å². The van der Waals surface area contributed by atoms with Gasteiger partial charge in [0.15, 0.2) is 36.2 Å². The van der Waals surface area contributed by atoms with Crippen LogP contribution in [0, 0.1) is 0 Å². The molecule has 6 heterocycles. The maximum absolute atomic E-state index is 12.1. The normalized spacial score (nSPS) is 27.6. The van der Waals surface area contributed by atoms with E-state index in [2.05, 4.69) is 91.0 Å². The van der Waals surface area contributed by atoms with E-state index in [0.717, 1.165) is 98.0 Å².